The molecular formula is C15H18FN3O. The Balaban J connectivity index is 1.71. The molecule has 5 heteroatoms. The van der Waals surface area contributed by atoms with Crippen LogP contribution in [0.5, 0.6) is 0 Å². The molecule has 3 rings (SSSR count). The van der Waals surface area contributed by atoms with Gasteiger partial charge in [0.2, 0.25) is 11.7 Å². The minimum absolute atomic E-state index is 0.264. The van der Waals surface area contributed by atoms with Crippen LogP contribution >= 0.6 is 0 Å². The van der Waals surface area contributed by atoms with Crippen molar-refractivity contribution in [3.8, 4) is 11.4 Å². The molecule has 4 nitrogen and oxygen atoms in total. The van der Waals surface area contributed by atoms with Crippen molar-refractivity contribution in [3.63, 3.8) is 0 Å². The first kappa shape index (κ1) is 13.2. The smallest absolute Gasteiger partial charge is 0.241 e. The van der Waals surface area contributed by atoms with Gasteiger partial charge in [0.25, 0.3) is 0 Å². The maximum Gasteiger partial charge on any atom is 0.241 e. The molecule has 1 aromatic carbocycles. The van der Waals surface area contributed by atoms with Gasteiger partial charge in [-0.25, -0.2) is 4.39 Å². The average Bonchev–Trinajstić information content (AvgIpc) is 2.91. The third kappa shape index (κ3) is 2.88. The molecule has 2 heterocycles. The summed E-state index contributed by atoms with van der Waals surface area (Å²) in [5, 5.41) is 3.97. The number of benzene rings is 1. The highest BCUT2D eigenvalue weighted by Crippen LogP contribution is 2.20. The highest BCUT2D eigenvalue weighted by Gasteiger charge is 2.20. The molecule has 0 bridgehead atoms. The van der Waals surface area contributed by atoms with Gasteiger partial charge in [0.15, 0.2) is 0 Å². The summed E-state index contributed by atoms with van der Waals surface area (Å²) in [5.41, 5.74) is 0.771. The van der Waals surface area contributed by atoms with Crippen molar-refractivity contribution in [1.29, 1.82) is 0 Å². The van der Waals surface area contributed by atoms with Crippen molar-refractivity contribution in [2.75, 3.05) is 6.54 Å². The largest absolute Gasteiger partial charge is 0.338 e. The molecule has 2 aromatic rings. The Labute approximate surface area is 117 Å². The van der Waals surface area contributed by atoms with Gasteiger partial charge in [-0.1, -0.05) is 11.6 Å². The monoisotopic (exact) mass is 275 g/mol. The normalized spacial score (nSPS) is 20.2. The van der Waals surface area contributed by atoms with Gasteiger partial charge in [-0.15, -0.1) is 0 Å². The first-order valence-corrected chi connectivity index (χ1v) is 7.05. The number of likely N-dealkylation sites (tertiary alicyclic amines) is 1. The minimum atomic E-state index is -0.264. The molecule has 1 fully saturated rings. The van der Waals surface area contributed by atoms with E-state index in [-0.39, 0.29) is 5.82 Å². The Hall–Kier alpha value is -1.75. The number of piperidine rings is 1. The van der Waals surface area contributed by atoms with E-state index in [2.05, 4.69) is 22.0 Å². The third-order valence-electron chi connectivity index (χ3n) is 3.85. The van der Waals surface area contributed by atoms with Crippen molar-refractivity contribution < 1.29 is 8.91 Å². The quantitative estimate of drug-likeness (QED) is 0.862. The zero-order chi connectivity index (χ0) is 13.9. The number of hydrogen-bond acceptors (Lipinski definition) is 4. The maximum atomic E-state index is 12.9. The van der Waals surface area contributed by atoms with Crippen LogP contribution in [-0.2, 0) is 6.54 Å². The van der Waals surface area contributed by atoms with E-state index in [1.54, 1.807) is 12.1 Å². The molecular weight excluding hydrogens is 257 g/mol. The van der Waals surface area contributed by atoms with Crippen molar-refractivity contribution in [3.05, 3.63) is 36.0 Å². The summed E-state index contributed by atoms with van der Waals surface area (Å²) < 4.78 is 18.2. The second kappa shape index (κ2) is 5.71. The molecule has 0 aliphatic carbocycles. The molecule has 0 saturated carbocycles. The average molecular weight is 275 g/mol. The van der Waals surface area contributed by atoms with Crippen LogP contribution in [0.4, 0.5) is 4.39 Å². The lowest BCUT2D eigenvalue weighted by atomic mass is 10.0. The second-order valence-corrected chi connectivity index (χ2v) is 5.33. The highest BCUT2D eigenvalue weighted by atomic mass is 19.1. The van der Waals surface area contributed by atoms with Gasteiger partial charge in [-0.3, -0.25) is 4.90 Å². The summed E-state index contributed by atoms with van der Waals surface area (Å²) >= 11 is 0. The lowest BCUT2D eigenvalue weighted by molar-refractivity contribution is 0.135. The van der Waals surface area contributed by atoms with Crippen molar-refractivity contribution >= 4 is 0 Å². The van der Waals surface area contributed by atoms with E-state index in [0.29, 0.717) is 24.3 Å². The molecule has 1 saturated heterocycles. The maximum absolute atomic E-state index is 12.9. The second-order valence-electron chi connectivity index (χ2n) is 5.33. The SMILES string of the molecule is CC1CCCCN1Cc1nc(-c2ccc(F)cc2)no1. The van der Waals surface area contributed by atoms with E-state index in [0.717, 1.165) is 12.1 Å². The number of aromatic nitrogens is 2. The van der Waals surface area contributed by atoms with Crippen LogP contribution in [0.3, 0.4) is 0 Å². The number of nitrogens with zero attached hydrogens (tertiary/aromatic N) is 3. The molecule has 0 spiro atoms. The molecule has 1 unspecified atom stereocenters. The molecule has 1 aromatic heterocycles. The van der Waals surface area contributed by atoms with Crippen LogP contribution in [0.25, 0.3) is 11.4 Å². The van der Waals surface area contributed by atoms with Crippen LogP contribution < -0.4 is 0 Å². The fourth-order valence-electron chi connectivity index (χ4n) is 2.60. The Bertz CT molecular complexity index is 567. The molecule has 20 heavy (non-hydrogen) atoms. The lowest BCUT2D eigenvalue weighted by Crippen LogP contribution is -2.36. The van der Waals surface area contributed by atoms with E-state index in [4.69, 9.17) is 4.52 Å². The summed E-state index contributed by atoms with van der Waals surface area (Å²) in [7, 11) is 0. The van der Waals surface area contributed by atoms with Crippen LogP contribution in [0.15, 0.2) is 28.8 Å². The first-order valence-electron chi connectivity index (χ1n) is 7.05. The minimum Gasteiger partial charge on any atom is -0.338 e. The van der Waals surface area contributed by atoms with Gasteiger partial charge < -0.3 is 4.52 Å². The summed E-state index contributed by atoms with van der Waals surface area (Å²) in [6, 6.07) is 6.68. The van der Waals surface area contributed by atoms with E-state index in [1.807, 2.05) is 0 Å². The molecule has 0 amide bonds. The zero-order valence-corrected chi connectivity index (χ0v) is 11.6. The standard InChI is InChI=1S/C15H18FN3O/c1-11-4-2-3-9-19(11)10-14-17-15(18-20-14)12-5-7-13(16)8-6-12/h5-8,11H,2-4,9-10H2,1H3. The van der Waals surface area contributed by atoms with Gasteiger partial charge in [-0.2, -0.15) is 4.98 Å². The van der Waals surface area contributed by atoms with E-state index < -0.39 is 0 Å². The summed E-state index contributed by atoms with van der Waals surface area (Å²) in [4.78, 5) is 6.76. The number of halogens is 1. The summed E-state index contributed by atoms with van der Waals surface area (Å²) in [5.74, 6) is 0.877. The van der Waals surface area contributed by atoms with Crippen molar-refractivity contribution in [2.24, 2.45) is 0 Å². The fraction of sp³-hybridized carbons (Fsp3) is 0.467. The number of rotatable bonds is 3. The van der Waals surface area contributed by atoms with Gasteiger partial charge in [0.05, 0.1) is 6.54 Å². The van der Waals surface area contributed by atoms with Gasteiger partial charge >= 0.3 is 0 Å². The van der Waals surface area contributed by atoms with Crippen LogP contribution in [-0.4, -0.2) is 27.6 Å². The number of hydrogen-bond donors (Lipinski definition) is 0. The predicted molar refractivity (Wildman–Crippen MR) is 73.4 cm³/mol. The fourth-order valence-corrected chi connectivity index (χ4v) is 2.60. The molecule has 0 radical (unpaired) electrons. The zero-order valence-electron chi connectivity index (χ0n) is 11.6. The van der Waals surface area contributed by atoms with Crippen molar-refractivity contribution in [1.82, 2.24) is 15.0 Å². The molecule has 0 N–H and O–H groups in total. The van der Waals surface area contributed by atoms with Crippen molar-refractivity contribution in [2.45, 2.75) is 38.8 Å². The summed E-state index contributed by atoms with van der Waals surface area (Å²) in [6.45, 7) is 4.00. The Kier molecular flexibility index (Phi) is 3.78. The molecule has 1 aliphatic rings. The molecule has 1 aliphatic heterocycles. The Morgan fingerprint density at radius 1 is 1.30 bits per heavy atom. The van der Waals surface area contributed by atoms with Crippen LogP contribution in [0, 0.1) is 5.82 Å². The van der Waals surface area contributed by atoms with Gasteiger partial charge in [0, 0.05) is 11.6 Å². The molecule has 106 valence electrons. The summed E-state index contributed by atoms with van der Waals surface area (Å²) in [6.07, 6.45) is 3.74. The highest BCUT2D eigenvalue weighted by molar-refractivity contribution is 5.53. The van der Waals surface area contributed by atoms with E-state index in [9.17, 15) is 4.39 Å². The van der Waals surface area contributed by atoms with Crippen LogP contribution in [0.1, 0.15) is 32.1 Å². The Morgan fingerprint density at radius 2 is 2.10 bits per heavy atom. The van der Waals surface area contributed by atoms with Crippen LogP contribution in [0.2, 0.25) is 0 Å². The predicted octanol–water partition coefficient (Wildman–Crippen LogP) is 3.25. The van der Waals surface area contributed by atoms with Gasteiger partial charge in [-0.05, 0) is 50.6 Å². The topological polar surface area (TPSA) is 42.2 Å². The molecule has 1 atom stereocenters. The first-order chi connectivity index (χ1) is 9.72. The Morgan fingerprint density at radius 3 is 2.85 bits per heavy atom. The third-order valence-corrected chi connectivity index (χ3v) is 3.85. The van der Waals surface area contributed by atoms with Gasteiger partial charge in [0.1, 0.15) is 5.82 Å². The van der Waals surface area contributed by atoms with E-state index >= 15 is 0 Å². The lowest BCUT2D eigenvalue weighted by Gasteiger charge is -2.31. The van der Waals surface area contributed by atoms with E-state index in [1.165, 1.54) is 31.4 Å².